The van der Waals surface area contributed by atoms with Crippen molar-refractivity contribution in [1.29, 1.82) is 0 Å². The fraction of sp³-hybridized carbons (Fsp3) is 0.833. The van der Waals surface area contributed by atoms with Crippen molar-refractivity contribution in [2.24, 2.45) is 5.92 Å². The lowest BCUT2D eigenvalue weighted by molar-refractivity contribution is -0.920. The number of imide groups is 1. The van der Waals surface area contributed by atoms with Crippen LogP contribution >= 0.6 is 0 Å². The van der Waals surface area contributed by atoms with E-state index >= 15 is 0 Å². The van der Waals surface area contributed by atoms with Crippen LogP contribution in [0.2, 0.25) is 0 Å². The van der Waals surface area contributed by atoms with Gasteiger partial charge in [0.15, 0.2) is 6.04 Å². The lowest BCUT2D eigenvalue weighted by atomic mass is 9.98. The molecule has 5 nitrogen and oxygen atoms in total. The number of carbonyl (C=O) groups is 2. The first-order valence-electron chi connectivity index (χ1n) is 6.53. The zero-order valence-corrected chi connectivity index (χ0v) is 10.7. The van der Waals surface area contributed by atoms with Crippen LogP contribution in [-0.4, -0.2) is 49.1 Å². The molecule has 2 fully saturated rings. The Labute approximate surface area is 102 Å². The summed E-state index contributed by atoms with van der Waals surface area (Å²) in [4.78, 5) is 26.3. The number of urea groups is 1. The molecule has 2 aliphatic rings. The fourth-order valence-electron chi connectivity index (χ4n) is 2.66. The summed E-state index contributed by atoms with van der Waals surface area (Å²) in [5, 5.41) is 2.67. The van der Waals surface area contributed by atoms with Crippen LogP contribution in [0.5, 0.6) is 0 Å². The van der Waals surface area contributed by atoms with E-state index in [2.05, 4.69) is 12.2 Å². The van der Waals surface area contributed by atoms with E-state index in [-0.39, 0.29) is 18.0 Å². The molecule has 3 amide bonds. The molecule has 0 aromatic heterocycles. The molecule has 5 heteroatoms. The fourth-order valence-corrected chi connectivity index (χ4v) is 2.66. The molecule has 2 aliphatic heterocycles. The molecule has 0 bridgehead atoms. The lowest BCUT2D eigenvalue weighted by Crippen LogP contribution is -3.17. The Morgan fingerprint density at radius 1 is 1.47 bits per heavy atom. The van der Waals surface area contributed by atoms with Crippen LogP contribution in [0.15, 0.2) is 0 Å². The molecule has 96 valence electrons. The van der Waals surface area contributed by atoms with Crippen molar-refractivity contribution in [3.8, 4) is 0 Å². The Morgan fingerprint density at radius 3 is 2.65 bits per heavy atom. The predicted molar refractivity (Wildman–Crippen MR) is 63.7 cm³/mol. The van der Waals surface area contributed by atoms with E-state index < -0.39 is 0 Å². The SMILES string of the molecule is CC1CC[NH+]([C@H](C)C(=O)N2CCNC2=O)CC1. The average molecular weight is 240 g/mol. The van der Waals surface area contributed by atoms with Crippen molar-refractivity contribution in [2.45, 2.75) is 32.7 Å². The molecule has 0 saturated carbocycles. The van der Waals surface area contributed by atoms with E-state index in [1.165, 1.54) is 22.6 Å². The van der Waals surface area contributed by atoms with Crippen molar-refractivity contribution in [3.63, 3.8) is 0 Å². The Kier molecular flexibility index (Phi) is 3.66. The Bertz CT molecular complexity index is 311. The van der Waals surface area contributed by atoms with E-state index in [0.29, 0.717) is 13.1 Å². The van der Waals surface area contributed by atoms with Crippen LogP contribution < -0.4 is 10.2 Å². The van der Waals surface area contributed by atoms with E-state index in [4.69, 9.17) is 0 Å². The van der Waals surface area contributed by atoms with Crippen LogP contribution in [0.3, 0.4) is 0 Å². The number of nitrogens with zero attached hydrogens (tertiary/aromatic N) is 1. The summed E-state index contributed by atoms with van der Waals surface area (Å²) >= 11 is 0. The third-order valence-electron chi connectivity index (χ3n) is 4.02. The highest BCUT2D eigenvalue weighted by Gasteiger charge is 2.36. The summed E-state index contributed by atoms with van der Waals surface area (Å²) in [5.74, 6) is 0.751. The number of amides is 3. The highest BCUT2D eigenvalue weighted by atomic mass is 16.2. The van der Waals surface area contributed by atoms with Gasteiger partial charge in [-0.3, -0.25) is 9.69 Å². The number of carbonyl (C=O) groups excluding carboxylic acids is 2. The Morgan fingerprint density at radius 2 is 2.12 bits per heavy atom. The molecule has 2 saturated heterocycles. The molecular weight excluding hydrogens is 218 g/mol. The van der Waals surface area contributed by atoms with Gasteiger partial charge in [-0.25, -0.2) is 4.79 Å². The molecule has 0 aliphatic carbocycles. The van der Waals surface area contributed by atoms with Crippen LogP contribution in [0.4, 0.5) is 4.79 Å². The van der Waals surface area contributed by atoms with Gasteiger partial charge in [0.25, 0.3) is 5.91 Å². The lowest BCUT2D eigenvalue weighted by Gasteiger charge is -2.32. The van der Waals surface area contributed by atoms with Gasteiger partial charge in [0.2, 0.25) is 0 Å². The molecule has 17 heavy (non-hydrogen) atoms. The van der Waals surface area contributed by atoms with E-state index in [1.807, 2.05) is 6.92 Å². The van der Waals surface area contributed by atoms with Gasteiger partial charge in [-0.1, -0.05) is 6.92 Å². The van der Waals surface area contributed by atoms with Crippen molar-refractivity contribution < 1.29 is 14.5 Å². The molecule has 0 aromatic carbocycles. The summed E-state index contributed by atoms with van der Waals surface area (Å²) in [6.07, 6.45) is 2.36. The summed E-state index contributed by atoms with van der Waals surface area (Å²) in [6, 6.07) is -0.321. The summed E-state index contributed by atoms with van der Waals surface area (Å²) < 4.78 is 0. The number of hydrogen-bond donors (Lipinski definition) is 2. The monoisotopic (exact) mass is 240 g/mol. The van der Waals surface area contributed by atoms with Gasteiger partial charge in [-0.2, -0.15) is 0 Å². The summed E-state index contributed by atoms with van der Waals surface area (Å²) in [7, 11) is 0. The van der Waals surface area contributed by atoms with E-state index in [0.717, 1.165) is 19.0 Å². The van der Waals surface area contributed by atoms with Gasteiger partial charge in [0.05, 0.1) is 13.1 Å². The second-order valence-corrected chi connectivity index (χ2v) is 5.28. The van der Waals surface area contributed by atoms with Crippen LogP contribution in [0.25, 0.3) is 0 Å². The molecule has 0 spiro atoms. The second kappa shape index (κ2) is 5.04. The number of piperidine rings is 1. The first-order valence-corrected chi connectivity index (χ1v) is 6.53. The summed E-state index contributed by atoms with van der Waals surface area (Å²) in [6.45, 7) is 7.40. The standard InChI is InChI=1S/C12H21N3O2/c1-9-3-6-14(7-4-9)10(2)11(16)15-8-5-13-12(15)17/h9-10H,3-8H2,1-2H3,(H,13,17)/p+1/t10-/m1/s1. The molecule has 2 heterocycles. The zero-order valence-electron chi connectivity index (χ0n) is 10.7. The van der Waals surface area contributed by atoms with Gasteiger partial charge in [0.1, 0.15) is 0 Å². The van der Waals surface area contributed by atoms with Crippen molar-refractivity contribution in [2.75, 3.05) is 26.2 Å². The van der Waals surface area contributed by atoms with Gasteiger partial charge in [-0.05, 0) is 25.7 Å². The van der Waals surface area contributed by atoms with Gasteiger partial charge < -0.3 is 10.2 Å². The number of hydrogen-bond acceptors (Lipinski definition) is 2. The maximum absolute atomic E-state index is 12.2. The quantitative estimate of drug-likeness (QED) is 0.667. The Hall–Kier alpha value is -1.10. The minimum Gasteiger partial charge on any atom is -0.336 e. The van der Waals surface area contributed by atoms with Crippen molar-refractivity contribution in [3.05, 3.63) is 0 Å². The van der Waals surface area contributed by atoms with Crippen molar-refractivity contribution >= 4 is 11.9 Å². The van der Waals surface area contributed by atoms with Crippen molar-refractivity contribution in [1.82, 2.24) is 10.2 Å². The Balaban J connectivity index is 1.92. The second-order valence-electron chi connectivity index (χ2n) is 5.28. The predicted octanol–water partition coefficient (Wildman–Crippen LogP) is -0.758. The normalized spacial score (nSPS) is 31.2. The minimum absolute atomic E-state index is 0.0236. The molecule has 2 rings (SSSR count). The maximum Gasteiger partial charge on any atom is 0.324 e. The van der Waals surface area contributed by atoms with Gasteiger partial charge in [0, 0.05) is 13.1 Å². The first-order chi connectivity index (χ1) is 8.09. The smallest absolute Gasteiger partial charge is 0.324 e. The molecule has 0 unspecified atom stereocenters. The third-order valence-corrected chi connectivity index (χ3v) is 4.02. The molecular formula is C12H22N3O2+. The number of nitrogens with one attached hydrogen (secondary N) is 2. The van der Waals surface area contributed by atoms with Gasteiger partial charge in [-0.15, -0.1) is 0 Å². The number of rotatable bonds is 2. The maximum atomic E-state index is 12.2. The summed E-state index contributed by atoms with van der Waals surface area (Å²) in [5.41, 5.74) is 0. The molecule has 0 aromatic rings. The van der Waals surface area contributed by atoms with Gasteiger partial charge >= 0.3 is 6.03 Å². The highest BCUT2D eigenvalue weighted by molar-refractivity contribution is 5.97. The zero-order chi connectivity index (χ0) is 12.4. The number of quaternary nitrogens is 1. The van der Waals surface area contributed by atoms with Crippen LogP contribution in [-0.2, 0) is 4.79 Å². The minimum atomic E-state index is -0.230. The highest BCUT2D eigenvalue weighted by Crippen LogP contribution is 2.08. The van der Waals surface area contributed by atoms with E-state index in [1.54, 1.807) is 0 Å². The third kappa shape index (κ3) is 2.60. The van der Waals surface area contributed by atoms with E-state index in [9.17, 15) is 9.59 Å². The molecule has 1 atom stereocenters. The average Bonchev–Trinajstić information content (AvgIpc) is 2.74. The molecule has 0 radical (unpaired) electrons. The largest absolute Gasteiger partial charge is 0.336 e. The topological polar surface area (TPSA) is 53.9 Å². The molecule has 2 N–H and O–H groups in total. The van der Waals surface area contributed by atoms with Crippen LogP contribution in [0.1, 0.15) is 26.7 Å². The first kappa shape index (κ1) is 12.4. The van der Waals surface area contributed by atoms with Crippen LogP contribution in [0, 0.1) is 5.92 Å². The number of likely N-dealkylation sites (tertiary alicyclic amines) is 1.